The molecule has 0 fully saturated rings. The highest BCUT2D eigenvalue weighted by Gasteiger charge is 2.23. The minimum absolute atomic E-state index is 0.261. The maximum Gasteiger partial charge on any atom is 0.0703 e. The molecule has 0 saturated heterocycles. The van der Waals surface area contributed by atoms with Crippen LogP contribution in [-0.2, 0) is 6.42 Å². The lowest BCUT2D eigenvalue weighted by atomic mass is 9.92. The molecule has 1 unspecified atom stereocenters. The Hall–Kier alpha value is -0.720. The van der Waals surface area contributed by atoms with Crippen molar-refractivity contribution in [1.82, 2.24) is 0 Å². The van der Waals surface area contributed by atoms with Gasteiger partial charge in [-0.3, -0.25) is 0 Å². The minimum Gasteiger partial charge on any atom is -0.114 e. The Balaban J connectivity index is 2.11. The molecule has 1 aromatic carbocycles. The Bertz CT molecular complexity index is 390. The van der Waals surface area contributed by atoms with E-state index in [9.17, 15) is 0 Å². The molecule has 0 nitrogen and oxygen atoms in total. The van der Waals surface area contributed by atoms with Gasteiger partial charge in [0, 0.05) is 5.02 Å². The van der Waals surface area contributed by atoms with Crippen molar-refractivity contribution in [3.8, 4) is 0 Å². The zero-order valence-electron chi connectivity index (χ0n) is 8.29. The topological polar surface area (TPSA) is 0 Å². The van der Waals surface area contributed by atoms with Gasteiger partial charge in [0.15, 0.2) is 0 Å². The second-order valence-electron chi connectivity index (χ2n) is 3.83. The monoisotopic (exact) mass is 238 g/mol. The van der Waals surface area contributed by atoms with Crippen LogP contribution in [0.5, 0.6) is 0 Å². The van der Waals surface area contributed by atoms with Crippen molar-refractivity contribution in [3.63, 3.8) is 0 Å². The summed E-state index contributed by atoms with van der Waals surface area (Å²) >= 11 is 12.3. The zero-order chi connectivity index (χ0) is 10.7. The van der Waals surface area contributed by atoms with E-state index in [1.54, 1.807) is 0 Å². The highest BCUT2D eigenvalue weighted by Crippen LogP contribution is 2.30. The summed E-state index contributed by atoms with van der Waals surface area (Å²) in [7, 11) is 0. The summed E-state index contributed by atoms with van der Waals surface area (Å²) in [5.41, 5.74) is 1.22. The van der Waals surface area contributed by atoms with E-state index in [-0.39, 0.29) is 4.87 Å². The normalized spacial score (nSPS) is 24.4. The third-order valence-corrected chi connectivity index (χ3v) is 3.18. The van der Waals surface area contributed by atoms with Gasteiger partial charge >= 0.3 is 0 Å². The second-order valence-corrected chi connectivity index (χ2v) is 5.02. The number of halogens is 2. The summed E-state index contributed by atoms with van der Waals surface area (Å²) in [5, 5.41) is 0.765. The Labute approximate surface area is 100 Å². The highest BCUT2D eigenvalue weighted by atomic mass is 35.5. The van der Waals surface area contributed by atoms with E-state index in [0.29, 0.717) is 0 Å². The Kier molecular flexibility index (Phi) is 3.18. The van der Waals surface area contributed by atoms with Crippen molar-refractivity contribution in [1.29, 1.82) is 0 Å². The highest BCUT2D eigenvalue weighted by molar-refractivity contribution is 6.30. The van der Waals surface area contributed by atoms with Gasteiger partial charge in [0.2, 0.25) is 0 Å². The van der Waals surface area contributed by atoms with E-state index in [2.05, 4.69) is 12.2 Å². The first kappa shape index (κ1) is 10.8. The molecule has 0 spiro atoms. The van der Waals surface area contributed by atoms with Crippen LogP contribution in [0.2, 0.25) is 5.02 Å². The molecule has 0 aliphatic heterocycles. The Morgan fingerprint density at radius 3 is 2.47 bits per heavy atom. The van der Waals surface area contributed by atoms with Crippen molar-refractivity contribution < 1.29 is 0 Å². The number of rotatable bonds is 2. The number of hydrogen-bond acceptors (Lipinski definition) is 0. The molecule has 0 bridgehead atoms. The Morgan fingerprint density at radius 2 is 1.87 bits per heavy atom. The van der Waals surface area contributed by atoms with Gasteiger partial charge in [0.25, 0.3) is 0 Å². The number of benzene rings is 1. The van der Waals surface area contributed by atoms with E-state index in [0.717, 1.165) is 17.9 Å². The molecule has 0 saturated carbocycles. The van der Waals surface area contributed by atoms with Gasteiger partial charge in [-0.15, -0.1) is 11.6 Å². The molecule has 15 heavy (non-hydrogen) atoms. The lowest BCUT2D eigenvalue weighted by molar-refractivity contribution is 0.697. The van der Waals surface area contributed by atoms with Crippen molar-refractivity contribution in [3.05, 3.63) is 59.2 Å². The summed E-state index contributed by atoms with van der Waals surface area (Å²) in [6.07, 6.45) is 9.92. The van der Waals surface area contributed by atoms with E-state index >= 15 is 0 Å². The number of alkyl halides is 1. The lowest BCUT2D eigenvalue weighted by Gasteiger charge is -2.23. The van der Waals surface area contributed by atoms with Gasteiger partial charge in [-0.05, 0) is 30.5 Å². The van der Waals surface area contributed by atoms with E-state index in [4.69, 9.17) is 23.2 Å². The predicted octanol–water partition coefficient (Wildman–Crippen LogP) is 4.38. The van der Waals surface area contributed by atoms with E-state index in [1.165, 1.54) is 5.56 Å². The van der Waals surface area contributed by atoms with Crippen molar-refractivity contribution in [2.24, 2.45) is 0 Å². The lowest BCUT2D eigenvalue weighted by Crippen LogP contribution is -2.21. The van der Waals surface area contributed by atoms with Crippen LogP contribution in [0.25, 0.3) is 0 Å². The van der Waals surface area contributed by atoms with Crippen LogP contribution in [0.4, 0.5) is 0 Å². The fraction of sp³-hybridized carbons (Fsp3) is 0.231. The zero-order valence-corrected chi connectivity index (χ0v) is 9.80. The molecular weight excluding hydrogens is 227 g/mol. The molecule has 0 N–H and O–H groups in total. The molecule has 1 aliphatic rings. The largest absolute Gasteiger partial charge is 0.114 e. The minimum atomic E-state index is -0.261. The molecule has 2 heteroatoms. The molecule has 1 aromatic rings. The van der Waals surface area contributed by atoms with Crippen LogP contribution >= 0.6 is 23.2 Å². The third kappa shape index (κ3) is 2.87. The van der Waals surface area contributed by atoms with Crippen molar-refractivity contribution >= 4 is 23.2 Å². The third-order valence-electron chi connectivity index (χ3n) is 2.51. The molecule has 2 rings (SSSR count). The van der Waals surface area contributed by atoms with Crippen LogP contribution in [0.15, 0.2) is 48.6 Å². The first-order valence-corrected chi connectivity index (χ1v) is 5.71. The summed E-state index contributed by atoms with van der Waals surface area (Å²) in [6, 6.07) is 7.86. The molecule has 78 valence electrons. The van der Waals surface area contributed by atoms with Crippen molar-refractivity contribution in [2.45, 2.75) is 17.7 Å². The first-order valence-electron chi connectivity index (χ1n) is 4.96. The first-order chi connectivity index (χ1) is 7.18. The number of hydrogen-bond donors (Lipinski definition) is 0. The summed E-state index contributed by atoms with van der Waals surface area (Å²) in [4.78, 5) is -0.261. The quantitative estimate of drug-likeness (QED) is 0.672. The summed E-state index contributed by atoms with van der Waals surface area (Å²) in [5.74, 6) is 0. The fourth-order valence-corrected chi connectivity index (χ4v) is 2.15. The average Bonchev–Trinajstić information content (AvgIpc) is 2.22. The molecule has 0 aromatic heterocycles. The SMILES string of the molecule is Clc1ccc(CC2(Cl)C=CC=CC2)cc1. The van der Waals surface area contributed by atoms with Gasteiger partial charge < -0.3 is 0 Å². The smallest absolute Gasteiger partial charge is 0.0703 e. The summed E-state index contributed by atoms with van der Waals surface area (Å²) < 4.78 is 0. The molecule has 1 atom stereocenters. The fourth-order valence-electron chi connectivity index (χ4n) is 1.71. The maximum atomic E-state index is 6.48. The molecule has 0 amide bonds. The Morgan fingerprint density at radius 1 is 1.13 bits per heavy atom. The van der Waals surface area contributed by atoms with Crippen molar-refractivity contribution in [2.75, 3.05) is 0 Å². The molecular formula is C13H12Cl2. The molecule has 0 radical (unpaired) electrons. The van der Waals surface area contributed by atoms with Gasteiger partial charge in [-0.2, -0.15) is 0 Å². The van der Waals surface area contributed by atoms with Gasteiger partial charge in [0.1, 0.15) is 0 Å². The van der Waals surface area contributed by atoms with E-state index in [1.807, 2.05) is 36.4 Å². The second kappa shape index (κ2) is 4.42. The standard InChI is InChI=1S/C13H12Cl2/c14-12-6-4-11(5-7-12)10-13(15)8-2-1-3-9-13/h1-8H,9-10H2. The van der Waals surface area contributed by atoms with Crippen LogP contribution in [0, 0.1) is 0 Å². The van der Waals surface area contributed by atoms with E-state index < -0.39 is 0 Å². The average molecular weight is 239 g/mol. The number of allylic oxidation sites excluding steroid dienone is 4. The maximum absolute atomic E-state index is 6.48. The van der Waals surface area contributed by atoms with Gasteiger partial charge in [-0.25, -0.2) is 0 Å². The predicted molar refractivity (Wildman–Crippen MR) is 66.6 cm³/mol. The van der Waals surface area contributed by atoms with Crippen LogP contribution in [0.1, 0.15) is 12.0 Å². The van der Waals surface area contributed by atoms with Crippen LogP contribution in [0.3, 0.4) is 0 Å². The molecule has 0 heterocycles. The van der Waals surface area contributed by atoms with Gasteiger partial charge in [0.05, 0.1) is 4.87 Å². The molecule has 1 aliphatic carbocycles. The summed E-state index contributed by atoms with van der Waals surface area (Å²) in [6.45, 7) is 0. The van der Waals surface area contributed by atoms with Gasteiger partial charge in [-0.1, -0.05) is 48.0 Å². The van der Waals surface area contributed by atoms with Crippen LogP contribution < -0.4 is 0 Å². The van der Waals surface area contributed by atoms with Crippen LogP contribution in [-0.4, -0.2) is 4.87 Å².